The maximum Gasteiger partial charge on any atom is -0.00124 e. The van der Waals surface area contributed by atoms with E-state index in [9.17, 15) is 0 Å². The number of benzene rings is 1. The zero-order chi connectivity index (χ0) is 9.26. The molecule has 0 spiro atoms. The van der Waals surface area contributed by atoms with Gasteiger partial charge in [0.05, 0.1) is 0 Å². The summed E-state index contributed by atoms with van der Waals surface area (Å²) < 4.78 is 0. The van der Waals surface area contributed by atoms with Crippen molar-refractivity contribution in [2.75, 3.05) is 0 Å². The van der Waals surface area contributed by atoms with Crippen molar-refractivity contribution in [2.24, 2.45) is 0 Å². The summed E-state index contributed by atoms with van der Waals surface area (Å²) in [5.41, 5.74) is 1.51. The standard InChI is InChI=1S/C12H15P/c1-10-8-9-11(2)13(10)12-6-4-3-5-7-12/h3-11H,1-2H3/t10-,11+,13?. The second-order valence-electron chi connectivity index (χ2n) is 3.61. The minimum Gasteiger partial charge on any atom is -0.0804 e. The molecule has 0 aromatic heterocycles. The fourth-order valence-corrected chi connectivity index (χ4v) is 4.72. The van der Waals surface area contributed by atoms with Crippen LogP contribution in [0.5, 0.6) is 0 Å². The lowest BCUT2D eigenvalue weighted by Gasteiger charge is -2.21. The van der Waals surface area contributed by atoms with Gasteiger partial charge in [-0.05, 0) is 16.6 Å². The lowest BCUT2D eigenvalue weighted by Crippen LogP contribution is -2.10. The molecule has 1 unspecified atom stereocenters. The first-order valence-electron chi connectivity index (χ1n) is 4.81. The second-order valence-corrected chi connectivity index (χ2v) is 6.57. The van der Waals surface area contributed by atoms with Crippen molar-refractivity contribution in [3.63, 3.8) is 0 Å². The fraction of sp³-hybridized carbons (Fsp3) is 0.333. The van der Waals surface area contributed by atoms with Crippen molar-refractivity contribution in [1.82, 2.24) is 0 Å². The maximum atomic E-state index is 2.36. The van der Waals surface area contributed by atoms with Crippen LogP contribution in [-0.2, 0) is 0 Å². The second kappa shape index (κ2) is 3.64. The predicted molar refractivity (Wildman–Crippen MR) is 61.1 cm³/mol. The Labute approximate surface area is 81.4 Å². The van der Waals surface area contributed by atoms with Gasteiger partial charge in [-0.2, -0.15) is 0 Å². The summed E-state index contributed by atoms with van der Waals surface area (Å²) in [5.74, 6) is 0. The van der Waals surface area contributed by atoms with Crippen LogP contribution < -0.4 is 5.30 Å². The van der Waals surface area contributed by atoms with Gasteiger partial charge in [-0.25, -0.2) is 0 Å². The van der Waals surface area contributed by atoms with Crippen LogP contribution in [-0.4, -0.2) is 11.3 Å². The Kier molecular flexibility index (Phi) is 2.51. The average Bonchev–Trinajstić information content (AvgIpc) is 2.48. The molecule has 0 fully saturated rings. The van der Waals surface area contributed by atoms with E-state index in [0.29, 0.717) is 0 Å². The fourth-order valence-electron chi connectivity index (χ4n) is 1.95. The molecule has 0 nitrogen and oxygen atoms in total. The van der Waals surface area contributed by atoms with Crippen LogP contribution in [0.25, 0.3) is 0 Å². The molecule has 0 radical (unpaired) electrons. The number of hydrogen-bond acceptors (Lipinski definition) is 0. The lowest BCUT2D eigenvalue weighted by molar-refractivity contribution is 1.23. The number of rotatable bonds is 1. The Morgan fingerprint density at radius 1 is 0.923 bits per heavy atom. The van der Waals surface area contributed by atoms with Crippen molar-refractivity contribution in [3.8, 4) is 0 Å². The smallest absolute Gasteiger partial charge is 0.00124 e. The molecule has 0 saturated carbocycles. The van der Waals surface area contributed by atoms with Crippen molar-refractivity contribution in [3.05, 3.63) is 42.5 Å². The number of hydrogen-bond donors (Lipinski definition) is 0. The summed E-state index contributed by atoms with van der Waals surface area (Å²) in [6, 6.07) is 10.9. The van der Waals surface area contributed by atoms with Crippen LogP contribution in [0.2, 0.25) is 0 Å². The average molecular weight is 190 g/mol. The SMILES string of the molecule is C[C@@H]1C=C[C@H](C)P1c1ccccc1. The minimum atomic E-state index is 0.0262. The van der Waals surface area contributed by atoms with Gasteiger partial charge in [0.15, 0.2) is 0 Å². The highest BCUT2D eigenvalue weighted by Gasteiger charge is 2.25. The van der Waals surface area contributed by atoms with Crippen LogP contribution in [0.1, 0.15) is 13.8 Å². The van der Waals surface area contributed by atoms with Crippen molar-refractivity contribution in [1.29, 1.82) is 0 Å². The van der Waals surface area contributed by atoms with E-state index in [1.807, 2.05) is 0 Å². The highest BCUT2D eigenvalue weighted by atomic mass is 31.1. The zero-order valence-electron chi connectivity index (χ0n) is 8.14. The van der Waals surface area contributed by atoms with E-state index in [-0.39, 0.29) is 7.92 Å². The van der Waals surface area contributed by atoms with E-state index >= 15 is 0 Å². The molecule has 0 bridgehead atoms. The molecule has 1 heteroatoms. The Hall–Kier alpha value is -0.610. The lowest BCUT2D eigenvalue weighted by atomic mass is 10.4. The number of allylic oxidation sites excluding steroid dienone is 2. The van der Waals surface area contributed by atoms with Gasteiger partial charge in [0.2, 0.25) is 0 Å². The molecule has 1 aromatic rings. The summed E-state index contributed by atoms with van der Waals surface area (Å²) >= 11 is 0. The van der Waals surface area contributed by atoms with Gasteiger partial charge in [0, 0.05) is 0 Å². The Morgan fingerprint density at radius 2 is 1.46 bits per heavy atom. The summed E-state index contributed by atoms with van der Waals surface area (Å²) in [5, 5.41) is 1.54. The third-order valence-electron chi connectivity index (χ3n) is 2.60. The summed E-state index contributed by atoms with van der Waals surface area (Å²) in [6.07, 6.45) is 4.73. The first kappa shape index (κ1) is 8.97. The Morgan fingerprint density at radius 3 is 2.00 bits per heavy atom. The van der Waals surface area contributed by atoms with Crippen LogP contribution in [0.15, 0.2) is 42.5 Å². The minimum absolute atomic E-state index is 0.0262. The van der Waals surface area contributed by atoms with E-state index < -0.39 is 0 Å². The molecule has 0 N–H and O–H groups in total. The van der Waals surface area contributed by atoms with Gasteiger partial charge in [-0.3, -0.25) is 0 Å². The molecule has 1 aliphatic rings. The molecule has 0 amide bonds. The Balaban J connectivity index is 2.27. The van der Waals surface area contributed by atoms with Crippen LogP contribution in [0, 0.1) is 0 Å². The molecule has 0 saturated heterocycles. The molecular weight excluding hydrogens is 175 g/mol. The van der Waals surface area contributed by atoms with Gasteiger partial charge in [0.1, 0.15) is 0 Å². The van der Waals surface area contributed by atoms with Crippen molar-refractivity contribution < 1.29 is 0 Å². The summed E-state index contributed by atoms with van der Waals surface area (Å²) in [4.78, 5) is 0. The molecule has 3 atom stereocenters. The van der Waals surface area contributed by atoms with Crippen molar-refractivity contribution in [2.45, 2.75) is 25.2 Å². The first-order valence-corrected chi connectivity index (χ1v) is 6.29. The molecule has 1 aliphatic heterocycles. The van der Waals surface area contributed by atoms with Gasteiger partial charge < -0.3 is 0 Å². The van der Waals surface area contributed by atoms with E-state index in [4.69, 9.17) is 0 Å². The van der Waals surface area contributed by atoms with E-state index in [1.165, 1.54) is 0 Å². The molecule has 2 rings (SSSR count). The largest absolute Gasteiger partial charge is 0.0804 e. The molecule has 1 aromatic carbocycles. The molecule has 68 valence electrons. The third kappa shape index (κ3) is 1.69. The molecule has 1 heterocycles. The van der Waals surface area contributed by atoms with Crippen molar-refractivity contribution >= 4 is 13.2 Å². The van der Waals surface area contributed by atoms with Gasteiger partial charge >= 0.3 is 0 Å². The van der Waals surface area contributed by atoms with E-state index in [1.54, 1.807) is 5.30 Å². The van der Waals surface area contributed by atoms with E-state index in [0.717, 1.165) is 11.3 Å². The highest BCUT2D eigenvalue weighted by molar-refractivity contribution is 7.67. The molecule has 13 heavy (non-hydrogen) atoms. The summed E-state index contributed by atoms with van der Waals surface area (Å²) in [7, 11) is 0.0262. The molecule has 0 aliphatic carbocycles. The highest BCUT2D eigenvalue weighted by Crippen LogP contribution is 2.50. The predicted octanol–water partition coefficient (Wildman–Crippen LogP) is 3.14. The van der Waals surface area contributed by atoms with Gasteiger partial charge in [-0.15, -0.1) is 0 Å². The van der Waals surface area contributed by atoms with Gasteiger partial charge in [-0.1, -0.05) is 64.3 Å². The quantitative estimate of drug-likeness (QED) is 0.471. The molecular formula is C12H15P. The van der Waals surface area contributed by atoms with Crippen LogP contribution in [0.4, 0.5) is 0 Å². The third-order valence-corrected chi connectivity index (χ3v) is 5.59. The van der Waals surface area contributed by atoms with Crippen LogP contribution in [0.3, 0.4) is 0 Å². The van der Waals surface area contributed by atoms with Gasteiger partial charge in [0.25, 0.3) is 0 Å². The topological polar surface area (TPSA) is 0 Å². The monoisotopic (exact) mass is 190 g/mol. The zero-order valence-corrected chi connectivity index (χ0v) is 9.04. The maximum absolute atomic E-state index is 2.36. The Bertz CT molecular complexity index is 290. The van der Waals surface area contributed by atoms with E-state index in [2.05, 4.69) is 56.3 Å². The summed E-state index contributed by atoms with van der Waals surface area (Å²) in [6.45, 7) is 4.66. The van der Waals surface area contributed by atoms with Crippen LogP contribution >= 0.6 is 7.92 Å². The normalized spacial score (nSPS) is 32.3. The first-order chi connectivity index (χ1) is 6.29.